The number of nitrogens with zero attached hydrogens (tertiary/aromatic N) is 3. The fourth-order valence-corrected chi connectivity index (χ4v) is 4.84. The van der Waals surface area contributed by atoms with Gasteiger partial charge in [0.1, 0.15) is 11.8 Å². The number of rotatable bonds is 3. The lowest BCUT2D eigenvalue weighted by Crippen LogP contribution is -2.43. The molecule has 29 heavy (non-hydrogen) atoms. The molecule has 1 aromatic carbocycles. The van der Waals surface area contributed by atoms with Gasteiger partial charge in [0.05, 0.1) is 17.4 Å². The number of piperidine rings is 1. The highest BCUT2D eigenvalue weighted by atomic mass is 19.4. The Morgan fingerprint density at radius 2 is 1.76 bits per heavy atom. The van der Waals surface area contributed by atoms with Crippen LogP contribution in [-0.2, 0) is 6.18 Å². The van der Waals surface area contributed by atoms with Gasteiger partial charge < -0.3 is 14.2 Å². The molecule has 0 saturated carbocycles. The van der Waals surface area contributed by atoms with E-state index in [-0.39, 0.29) is 6.10 Å². The maximum atomic E-state index is 13.6. The molecule has 152 valence electrons. The lowest BCUT2D eigenvalue weighted by Gasteiger charge is -2.36. The maximum Gasteiger partial charge on any atom is 0.431 e. The first-order valence-electron chi connectivity index (χ1n) is 9.93. The minimum Gasteiger partial charge on any atom is -0.474 e. The van der Waals surface area contributed by atoms with Gasteiger partial charge in [-0.05, 0) is 50.9 Å². The molecule has 0 radical (unpaired) electrons. The summed E-state index contributed by atoms with van der Waals surface area (Å²) in [7, 11) is 2.17. The van der Waals surface area contributed by atoms with E-state index >= 15 is 0 Å². The molecule has 2 fully saturated rings. The molecule has 2 saturated heterocycles. The van der Waals surface area contributed by atoms with Crippen molar-refractivity contribution < 1.29 is 17.9 Å². The summed E-state index contributed by atoms with van der Waals surface area (Å²) >= 11 is 0. The van der Waals surface area contributed by atoms with Crippen LogP contribution in [0.3, 0.4) is 0 Å². The first-order chi connectivity index (χ1) is 13.9. The highest BCUT2D eigenvalue weighted by molar-refractivity contribution is 5.83. The normalized spacial score (nSPS) is 24.9. The third-order valence-corrected chi connectivity index (χ3v) is 6.32. The highest BCUT2D eigenvalue weighted by Crippen LogP contribution is 2.37. The van der Waals surface area contributed by atoms with E-state index in [1.54, 1.807) is 36.4 Å². The second kappa shape index (κ2) is 6.76. The first-order valence-corrected chi connectivity index (χ1v) is 9.93. The van der Waals surface area contributed by atoms with E-state index in [0.717, 1.165) is 12.8 Å². The van der Waals surface area contributed by atoms with Gasteiger partial charge in [0, 0.05) is 23.5 Å². The van der Waals surface area contributed by atoms with Crippen molar-refractivity contribution in [2.75, 3.05) is 7.05 Å². The van der Waals surface area contributed by atoms with Crippen LogP contribution < -0.4 is 4.74 Å². The van der Waals surface area contributed by atoms with Crippen molar-refractivity contribution in [2.24, 2.45) is 0 Å². The molecular formula is C22H22F3N3O. The van der Waals surface area contributed by atoms with Gasteiger partial charge in [0.25, 0.3) is 0 Å². The van der Waals surface area contributed by atoms with Gasteiger partial charge in [-0.3, -0.25) is 0 Å². The fraction of sp³-hybridized carbons (Fsp3) is 0.409. The summed E-state index contributed by atoms with van der Waals surface area (Å²) in [5.74, 6) is 0.465. The average molecular weight is 401 g/mol. The van der Waals surface area contributed by atoms with Crippen molar-refractivity contribution in [3.8, 4) is 11.6 Å². The van der Waals surface area contributed by atoms with Gasteiger partial charge >= 0.3 is 6.18 Å². The zero-order chi connectivity index (χ0) is 20.2. The van der Waals surface area contributed by atoms with E-state index in [2.05, 4.69) is 16.9 Å². The molecule has 0 N–H and O–H groups in total. The van der Waals surface area contributed by atoms with Gasteiger partial charge in [0.2, 0.25) is 5.88 Å². The summed E-state index contributed by atoms with van der Waals surface area (Å²) in [5.41, 5.74) is 0.164. The van der Waals surface area contributed by atoms with Crippen LogP contribution in [0.15, 0.2) is 48.7 Å². The quantitative estimate of drug-likeness (QED) is 0.615. The Morgan fingerprint density at radius 1 is 1.03 bits per heavy atom. The summed E-state index contributed by atoms with van der Waals surface area (Å²) in [5, 5.41) is 0.543. The number of benzene rings is 1. The van der Waals surface area contributed by atoms with Crippen LogP contribution >= 0.6 is 0 Å². The van der Waals surface area contributed by atoms with Crippen LogP contribution in [0.2, 0.25) is 0 Å². The Balaban J connectivity index is 1.42. The molecule has 2 aliphatic rings. The topological polar surface area (TPSA) is 30.3 Å². The molecule has 5 rings (SSSR count). The Labute approximate surface area is 166 Å². The first kappa shape index (κ1) is 18.5. The van der Waals surface area contributed by atoms with Gasteiger partial charge in [-0.15, -0.1) is 0 Å². The lowest BCUT2D eigenvalue weighted by molar-refractivity contribution is -0.142. The summed E-state index contributed by atoms with van der Waals surface area (Å²) in [4.78, 5) is 6.76. The predicted octanol–water partition coefficient (Wildman–Crippen LogP) is 5.05. The molecule has 2 aliphatic heterocycles. The van der Waals surface area contributed by atoms with E-state index in [9.17, 15) is 13.2 Å². The van der Waals surface area contributed by atoms with Crippen LogP contribution in [0, 0.1) is 0 Å². The third kappa shape index (κ3) is 3.27. The fourth-order valence-electron chi connectivity index (χ4n) is 4.84. The summed E-state index contributed by atoms with van der Waals surface area (Å²) in [6.45, 7) is 0. The Morgan fingerprint density at radius 3 is 2.41 bits per heavy atom. The lowest BCUT2D eigenvalue weighted by atomic mass is 10.0. The molecule has 2 atom stereocenters. The highest BCUT2D eigenvalue weighted by Gasteiger charge is 2.39. The van der Waals surface area contributed by atoms with Crippen LogP contribution in [0.1, 0.15) is 31.4 Å². The van der Waals surface area contributed by atoms with Gasteiger partial charge in [-0.2, -0.15) is 13.2 Å². The van der Waals surface area contributed by atoms with Crippen molar-refractivity contribution >= 4 is 10.9 Å². The van der Waals surface area contributed by atoms with Crippen molar-refractivity contribution in [1.29, 1.82) is 0 Å². The number of fused-ring (bicyclic) bond motifs is 3. The smallest absolute Gasteiger partial charge is 0.431 e. The number of hydrogen-bond donors (Lipinski definition) is 0. The largest absolute Gasteiger partial charge is 0.474 e. The number of pyridine rings is 1. The standard InChI is InChI=1S/C22H22F3N3O/c1-27-15-6-7-16(27)12-18(11-15)29-21-9-8-17(13-26-21)28-19-5-3-2-4-14(19)10-20(28)22(23,24)25/h2-5,8-10,13,15-16,18H,6-7,11-12H2,1H3. The SMILES string of the molecule is CN1C2CCC1CC(Oc1ccc(-n3c(C(F)(F)F)cc4ccccc43)cn1)C2. The van der Waals surface area contributed by atoms with E-state index < -0.39 is 11.9 Å². The zero-order valence-corrected chi connectivity index (χ0v) is 16.1. The molecule has 7 heteroatoms. The molecular weight excluding hydrogens is 379 g/mol. The third-order valence-electron chi connectivity index (χ3n) is 6.32. The Hall–Kier alpha value is -2.54. The molecule has 2 bridgehead atoms. The number of ether oxygens (including phenoxy) is 1. The van der Waals surface area contributed by atoms with Crippen LogP contribution in [0.25, 0.3) is 16.6 Å². The maximum absolute atomic E-state index is 13.6. The van der Waals surface area contributed by atoms with Crippen LogP contribution in [0.4, 0.5) is 13.2 Å². The zero-order valence-electron chi connectivity index (χ0n) is 16.1. The Bertz CT molecular complexity index is 1010. The number of para-hydroxylation sites is 1. The molecule has 4 nitrogen and oxygen atoms in total. The van der Waals surface area contributed by atoms with Crippen molar-refractivity contribution in [2.45, 2.75) is 50.0 Å². The molecule has 3 aromatic rings. The van der Waals surface area contributed by atoms with E-state index in [1.807, 2.05) is 0 Å². The monoisotopic (exact) mass is 401 g/mol. The minimum absolute atomic E-state index is 0.111. The van der Waals surface area contributed by atoms with Crippen LogP contribution in [-0.4, -0.2) is 39.7 Å². The molecule has 0 spiro atoms. The molecule has 0 amide bonds. The number of aromatic nitrogens is 2. The van der Waals surface area contributed by atoms with Crippen LogP contribution in [0.5, 0.6) is 5.88 Å². The van der Waals surface area contributed by atoms with Crippen molar-refractivity contribution in [3.63, 3.8) is 0 Å². The molecule has 4 heterocycles. The second-order valence-electron chi connectivity index (χ2n) is 8.04. The summed E-state index contributed by atoms with van der Waals surface area (Å²) in [6.07, 6.45) is 1.46. The van der Waals surface area contributed by atoms with E-state index in [1.165, 1.54) is 29.7 Å². The van der Waals surface area contributed by atoms with Crippen molar-refractivity contribution in [1.82, 2.24) is 14.5 Å². The Kier molecular flexibility index (Phi) is 4.31. The predicted molar refractivity (Wildman–Crippen MR) is 104 cm³/mol. The minimum atomic E-state index is -4.46. The van der Waals surface area contributed by atoms with Gasteiger partial charge in [0.15, 0.2) is 0 Å². The number of halogens is 3. The van der Waals surface area contributed by atoms with Gasteiger partial charge in [-0.25, -0.2) is 4.98 Å². The molecule has 2 unspecified atom stereocenters. The summed E-state index contributed by atoms with van der Waals surface area (Å²) in [6, 6.07) is 12.4. The van der Waals surface area contributed by atoms with Crippen molar-refractivity contribution in [3.05, 3.63) is 54.4 Å². The molecule has 0 aliphatic carbocycles. The average Bonchev–Trinajstić information content (AvgIpc) is 3.16. The molecule has 2 aromatic heterocycles. The van der Waals surface area contributed by atoms with E-state index in [0.29, 0.717) is 34.6 Å². The number of alkyl halides is 3. The van der Waals surface area contributed by atoms with E-state index in [4.69, 9.17) is 4.74 Å². The summed E-state index contributed by atoms with van der Waals surface area (Å²) < 4.78 is 48.1. The van der Waals surface area contributed by atoms with Gasteiger partial charge in [-0.1, -0.05) is 18.2 Å². The number of hydrogen-bond acceptors (Lipinski definition) is 3. The second-order valence-corrected chi connectivity index (χ2v) is 8.04.